The molecule has 2 amide bonds. The van der Waals surface area contributed by atoms with Gasteiger partial charge in [-0.05, 0) is 25.9 Å². The highest BCUT2D eigenvalue weighted by Gasteiger charge is 2.33. The van der Waals surface area contributed by atoms with Crippen LogP contribution in [0.5, 0.6) is 0 Å². The molecule has 0 radical (unpaired) electrons. The Kier molecular flexibility index (Phi) is 9.81. The van der Waals surface area contributed by atoms with E-state index >= 15 is 0 Å². The molecule has 5 N–H and O–H groups in total. The van der Waals surface area contributed by atoms with Crippen molar-refractivity contribution in [1.82, 2.24) is 10.2 Å². The van der Waals surface area contributed by atoms with Crippen molar-refractivity contribution < 1.29 is 42.1 Å². The molecule has 0 aromatic heterocycles. The number of carbonyl (C=O) groups excluding carboxylic acids is 2. The Balaban J connectivity index is 4.86. The van der Waals surface area contributed by atoms with E-state index in [0.717, 1.165) is 0 Å². The van der Waals surface area contributed by atoms with Crippen molar-refractivity contribution in [3.8, 4) is 0 Å². The first-order valence-corrected chi connectivity index (χ1v) is 12.1. The maximum Gasteiger partial charge on any atom is 0.329 e. The highest BCUT2D eigenvalue weighted by molar-refractivity contribution is 7.87. The predicted molar refractivity (Wildman–Crippen MR) is 97.5 cm³/mol. The first kappa shape index (κ1) is 25.2. The number of carboxylic acids is 1. The average molecular weight is 427 g/mol. The van der Waals surface area contributed by atoms with Crippen LogP contribution in [0.15, 0.2) is 12.2 Å². The van der Waals surface area contributed by atoms with E-state index in [9.17, 15) is 32.4 Å². The van der Waals surface area contributed by atoms with Crippen LogP contribution in [0, 0.1) is 0 Å². The number of aliphatic carboxylic acids is 1. The van der Waals surface area contributed by atoms with E-state index in [1.54, 1.807) is 0 Å². The third-order valence-electron chi connectivity index (χ3n) is 3.42. The van der Waals surface area contributed by atoms with Gasteiger partial charge in [0.15, 0.2) is 5.25 Å². The maximum absolute atomic E-state index is 12.1. The molecule has 0 spiro atoms. The number of carbonyl (C=O) groups is 3. The molecule has 0 rings (SSSR count). The zero-order valence-electron chi connectivity index (χ0n) is 15.2. The normalized spacial score (nSPS) is 12.9. The highest BCUT2D eigenvalue weighted by atomic mass is 32.2. The van der Waals surface area contributed by atoms with Crippen molar-refractivity contribution >= 4 is 36.5 Å². The van der Waals surface area contributed by atoms with Gasteiger partial charge in [-0.3, -0.25) is 18.9 Å². The second kappa shape index (κ2) is 10.5. The summed E-state index contributed by atoms with van der Waals surface area (Å²) in [6, 6.07) is 0.128. The molecule has 0 aliphatic rings. The van der Waals surface area contributed by atoms with Crippen molar-refractivity contribution in [3.63, 3.8) is 0 Å². The Labute approximate surface area is 158 Å². The van der Waals surface area contributed by atoms with Crippen LogP contribution in [-0.2, 0) is 24.5 Å². The molecule has 0 aliphatic carbocycles. The van der Waals surface area contributed by atoms with Crippen molar-refractivity contribution in [2.45, 2.75) is 37.6 Å². The standard InChI is InChI=1S/C14H26N2O9SSi/c1-10(2)14(20)16(6-4-8-27(3,24)25)7-5-15-13(19)11(9-12(17)18)26(21,22)23/h11,24-25H,1,4-9H2,2-3H3,(H,15,19)(H,17,18)(H,21,22,23). The van der Waals surface area contributed by atoms with Gasteiger partial charge in [-0.15, -0.1) is 0 Å². The molecule has 0 aromatic carbocycles. The summed E-state index contributed by atoms with van der Waals surface area (Å²) >= 11 is 0. The van der Waals surface area contributed by atoms with Crippen LogP contribution < -0.4 is 5.32 Å². The summed E-state index contributed by atoms with van der Waals surface area (Å²) in [7, 11) is -8.18. The molecule has 27 heavy (non-hydrogen) atoms. The first-order chi connectivity index (χ1) is 12.1. The van der Waals surface area contributed by atoms with Crippen LogP contribution in [0.3, 0.4) is 0 Å². The molecule has 0 aliphatic heterocycles. The van der Waals surface area contributed by atoms with E-state index in [2.05, 4.69) is 11.9 Å². The SMILES string of the molecule is C=C(C)C(=O)N(CCC[Si](C)(O)O)CCNC(=O)C(CC(=O)O)S(=O)(=O)O. The van der Waals surface area contributed by atoms with Gasteiger partial charge in [0.05, 0.1) is 6.42 Å². The lowest BCUT2D eigenvalue weighted by atomic mass is 10.2. The minimum atomic E-state index is -4.91. The maximum atomic E-state index is 12.1. The van der Waals surface area contributed by atoms with Crippen molar-refractivity contribution in [3.05, 3.63) is 12.2 Å². The van der Waals surface area contributed by atoms with Crippen LogP contribution in [0.4, 0.5) is 0 Å². The van der Waals surface area contributed by atoms with Gasteiger partial charge in [0.25, 0.3) is 10.1 Å². The Morgan fingerprint density at radius 1 is 1.22 bits per heavy atom. The second-order valence-electron chi connectivity index (χ2n) is 6.29. The fourth-order valence-corrected chi connectivity index (χ4v) is 3.64. The smallest absolute Gasteiger partial charge is 0.329 e. The van der Waals surface area contributed by atoms with Gasteiger partial charge in [0.2, 0.25) is 11.8 Å². The minimum absolute atomic E-state index is 0.0438. The van der Waals surface area contributed by atoms with Crippen LogP contribution >= 0.6 is 0 Å². The molecule has 1 unspecified atom stereocenters. The lowest BCUT2D eigenvalue weighted by Crippen LogP contribution is -2.45. The summed E-state index contributed by atoms with van der Waals surface area (Å²) in [6.07, 6.45) is -0.801. The fraction of sp³-hybridized carbons (Fsp3) is 0.643. The monoisotopic (exact) mass is 426 g/mol. The van der Waals surface area contributed by atoms with E-state index in [1.165, 1.54) is 18.4 Å². The van der Waals surface area contributed by atoms with Crippen LogP contribution in [-0.4, -0.2) is 83.8 Å². The van der Waals surface area contributed by atoms with Crippen molar-refractivity contribution in [1.29, 1.82) is 0 Å². The molecule has 0 aromatic rings. The van der Waals surface area contributed by atoms with Crippen LogP contribution in [0.1, 0.15) is 19.8 Å². The number of hydrogen-bond donors (Lipinski definition) is 5. The van der Waals surface area contributed by atoms with Crippen molar-refractivity contribution in [2.24, 2.45) is 0 Å². The lowest BCUT2D eigenvalue weighted by molar-refractivity contribution is -0.138. The van der Waals surface area contributed by atoms with E-state index in [-0.39, 0.29) is 31.3 Å². The number of amides is 2. The van der Waals surface area contributed by atoms with Gasteiger partial charge >= 0.3 is 14.5 Å². The van der Waals surface area contributed by atoms with Gasteiger partial charge < -0.3 is 24.9 Å². The Morgan fingerprint density at radius 2 is 1.78 bits per heavy atom. The molecular formula is C14H26N2O9SSi. The van der Waals surface area contributed by atoms with E-state index in [4.69, 9.17) is 9.66 Å². The number of carboxylic acid groups (broad SMARTS) is 1. The summed E-state index contributed by atoms with van der Waals surface area (Å²) < 4.78 is 31.3. The highest BCUT2D eigenvalue weighted by Crippen LogP contribution is 2.08. The van der Waals surface area contributed by atoms with Gasteiger partial charge in [-0.25, -0.2) is 0 Å². The van der Waals surface area contributed by atoms with Gasteiger partial charge in [-0.2, -0.15) is 8.42 Å². The van der Waals surface area contributed by atoms with E-state index in [1.807, 2.05) is 0 Å². The number of nitrogens with zero attached hydrogens (tertiary/aromatic N) is 1. The molecule has 0 saturated carbocycles. The quantitative estimate of drug-likeness (QED) is 0.144. The van der Waals surface area contributed by atoms with Gasteiger partial charge in [0, 0.05) is 25.2 Å². The molecule has 13 heteroatoms. The Morgan fingerprint density at radius 3 is 2.19 bits per heavy atom. The van der Waals surface area contributed by atoms with E-state index < -0.39 is 48.1 Å². The van der Waals surface area contributed by atoms with Crippen LogP contribution in [0.25, 0.3) is 0 Å². The zero-order valence-corrected chi connectivity index (χ0v) is 17.0. The third kappa shape index (κ3) is 10.8. The van der Waals surface area contributed by atoms with Crippen LogP contribution in [0.2, 0.25) is 12.6 Å². The number of nitrogens with one attached hydrogen (secondary N) is 1. The first-order valence-electron chi connectivity index (χ1n) is 8.00. The van der Waals surface area contributed by atoms with Gasteiger partial charge in [-0.1, -0.05) is 6.58 Å². The number of rotatable bonds is 12. The summed E-state index contributed by atoms with van der Waals surface area (Å²) in [5.41, 5.74) is 0.219. The fourth-order valence-electron chi connectivity index (χ4n) is 2.11. The van der Waals surface area contributed by atoms with Gasteiger partial charge in [0.1, 0.15) is 0 Å². The zero-order chi connectivity index (χ0) is 21.4. The molecule has 156 valence electrons. The summed E-state index contributed by atoms with van der Waals surface area (Å²) in [6.45, 7) is 6.24. The lowest BCUT2D eigenvalue weighted by Gasteiger charge is -2.24. The summed E-state index contributed by atoms with van der Waals surface area (Å²) in [5, 5.41) is 8.66. The third-order valence-corrected chi connectivity index (χ3v) is 5.82. The molecule has 11 nitrogen and oxygen atoms in total. The Bertz CT molecular complexity index is 673. The molecule has 0 fully saturated rings. The average Bonchev–Trinajstić information content (AvgIpc) is 2.47. The Hall–Kier alpha value is -1.80. The predicted octanol–water partition coefficient (Wildman–Crippen LogP) is -1.31. The molecular weight excluding hydrogens is 400 g/mol. The molecule has 0 heterocycles. The summed E-state index contributed by atoms with van der Waals surface area (Å²) in [5.74, 6) is -3.21. The summed E-state index contributed by atoms with van der Waals surface area (Å²) in [4.78, 5) is 54.8. The number of hydrogen-bond acceptors (Lipinski definition) is 7. The molecule has 0 saturated heterocycles. The van der Waals surface area contributed by atoms with Crippen molar-refractivity contribution in [2.75, 3.05) is 19.6 Å². The molecule has 0 bridgehead atoms. The minimum Gasteiger partial charge on any atom is -0.481 e. The largest absolute Gasteiger partial charge is 0.481 e. The van der Waals surface area contributed by atoms with E-state index in [0.29, 0.717) is 6.42 Å². The second-order valence-corrected chi connectivity index (χ2v) is 10.8. The molecule has 1 atom stereocenters. The topological polar surface area (TPSA) is 182 Å².